The predicted octanol–water partition coefficient (Wildman–Crippen LogP) is 3.76. The van der Waals surface area contributed by atoms with E-state index in [2.05, 4.69) is 45.2 Å². The Hall–Kier alpha value is -0.300. The first-order valence-electron chi connectivity index (χ1n) is 6.09. The van der Waals surface area contributed by atoms with Crippen molar-refractivity contribution >= 4 is 0 Å². The summed E-state index contributed by atoms with van der Waals surface area (Å²) in [5, 5.41) is 3.41. The average molecular weight is 197 g/mol. The van der Waals surface area contributed by atoms with Gasteiger partial charge in [-0.05, 0) is 25.3 Å². The van der Waals surface area contributed by atoms with Crippen molar-refractivity contribution in [2.75, 3.05) is 6.54 Å². The van der Waals surface area contributed by atoms with Gasteiger partial charge in [-0.2, -0.15) is 0 Å². The number of allylic oxidation sites excluding steroid dienone is 1. The number of hydrogen-bond donors (Lipinski definition) is 1. The van der Waals surface area contributed by atoms with Gasteiger partial charge in [0.1, 0.15) is 0 Å². The maximum atomic E-state index is 3.41. The zero-order valence-electron chi connectivity index (χ0n) is 10.3. The first-order chi connectivity index (χ1) is 6.70. The molecule has 0 spiro atoms. The van der Waals surface area contributed by atoms with Crippen LogP contribution in [0.4, 0.5) is 0 Å². The van der Waals surface area contributed by atoms with Crippen molar-refractivity contribution in [3.8, 4) is 0 Å². The van der Waals surface area contributed by atoms with E-state index in [1.165, 1.54) is 25.7 Å². The quantitative estimate of drug-likeness (QED) is 0.461. The van der Waals surface area contributed by atoms with E-state index in [4.69, 9.17) is 0 Å². The van der Waals surface area contributed by atoms with Gasteiger partial charge in [0.25, 0.3) is 0 Å². The lowest BCUT2D eigenvalue weighted by Gasteiger charge is -2.08. The van der Waals surface area contributed by atoms with Crippen molar-refractivity contribution in [2.24, 2.45) is 5.92 Å². The summed E-state index contributed by atoms with van der Waals surface area (Å²) in [6.45, 7) is 10.0. The van der Waals surface area contributed by atoms with Crippen LogP contribution in [0, 0.1) is 5.92 Å². The van der Waals surface area contributed by atoms with Gasteiger partial charge in [-0.15, -0.1) is 0 Å². The maximum Gasteiger partial charge on any atom is 0.00105 e. The molecule has 0 aliphatic carbocycles. The Bertz CT molecular complexity index is 134. The second kappa shape index (κ2) is 9.26. The van der Waals surface area contributed by atoms with E-state index in [0.717, 1.165) is 12.5 Å². The summed E-state index contributed by atoms with van der Waals surface area (Å²) < 4.78 is 0. The molecule has 0 atom stereocenters. The summed E-state index contributed by atoms with van der Waals surface area (Å²) >= 11 is 0. The third kappa shape index (κ3) is 8.31. The van der Waals surface area contributed by atoms with E-state index in [9.17, 15) is 0 Å². The van der Waals surface area contributed by atoms with Crippen LogP contribution >= 0.6 is 0 Å². The Morgan fingerprint density at radius 3 is 2.21 bits per heavy atom. The zero-order valence-corrected chi connectivity index (χ0v) is 10.3. The highest BCUT2D eigenvalue weighted by Crippen LogP contribution is 2.12. The summed E-state index contributed by atoms with van der Waals surface area (Å²) in [5.41, 5.74) is 0. The van der Waals surface area contributed by atoms with Crippen molar-refractivity contribution in [1.82, 2.24) is 5.32 Å². The molecule has 0 heterocycles. The third-order valence-electron chi connectivity index (χ3n) is 2.65. The molecule has 84 valence electrons. The molecule has 0 aliphatic heterocycles. The van der Waals surface area contributed by atoms with Crippen LogP contribution in [-0.4, -0.2) is 12.6 Å². The summed E-state index contributed by atoms with van der Waals surface area (Å²) in [6.07, 6.45) is 9.70. The molecular formula is C13H27N. The molecule has 0 aromatic heterocycles. The minimum atomic E-state index is 0.613. The Balaban J connectivity index is 3.34. The van der Waals surface area contributed by atoms with Crippen LogP contribution in [-0.2, 0) is 0 Å². The molecule has 0 saturated carbocycles. The van der Waals surface area contributed by atoms with Crippen LogP contribution in [0.25, 0.3) is 0 Å². The lowest BCUT2D eigenvalue weighted by atomic mass is 9.99. The van der Waals surface area contributed by atoms with E-state index in [0.29, 0.717) is 6.04 Å². The Labute approximate surface area is 90.0 Å². The highest BCUT2D eigenvalue weighted by Gasteiger charge is 1.98. The lowest BCUT2D eigenvalue weighted by Crippen LogP contribution is -2.23. The highest BCUT2D eigenvalue weighted by molar-refractivity contribution is 4.84. The molecule has 0 amide bonds. The predicted molar refractivity (Wildman–Crippen MR) is 65.6 cm³/mol. The van der Waals surface area contributed by atoms with Crippen LogP contribution < -0.4 is 5.32 Å². The third-order valence-corrected chi connectivity index (χ3v) is 2.65. The van der Waals surface area contributed by atoms with Gasteiger partial charge < -0.3 is 5.32 Å². The molecule has 0 aromatic carbocycles. The molecule has 1 N–H and O–H groups in total. The molecule has 0 saturated heterocycles. The minimum absolute atomic E-state index is 0.613. The average Bonchev–Trinajstić information content (AvgIpc) is 2.16. The van der Waals surface area contributed by atoms with E-state index in [1.807, 2.05) is 0 Å². The van der Waals surface area contributed by atoms with Crippen molar-refractivity contribution in [3.05, 3.63) is 12.2 Å². The van der Waals surface area contributed by atoms with E-state index in [-0.39, 0.29) is 0 Å². The minimum Gasteiger partial charge on any atom is -0.314 e. The Morgan fingerprint density at radius 2 is 1.71 bits per heavy atom. The van der Waals surface area contributed by atoms with Gasteiger partial charge in [0.2, 0.25) is 0 Å². The topological polar surface area (TPSA) is 12.0 Å². The van der Waals surface area contributed by atoms with E-state index >= 15 is 0 Å². The lowest BCUT2D eigenvalue weighted by molar-refractivity contribution is 0.499. The van der Waals surface area contributed by atoms with Crippen molar-refractivity contribution in [1.29, 1.82) is 0 Å². The largest absolute Gasteiger partial charge is 0.314 e. The van der Waals surface area contributed by atoms with Crippen molar-refractivity contribution < 1.29 is 0 Å². The molecule has 0 aliphatic rings. The molecule has 0 radical (unpaired) electrons. The normalized spacial score (nSPS) is 12.1. The van der Waals surface area contributed by atoms with Gasteiger partial charge in [-0.3, -0.25) is 0 Å². The summed E-state index contributed by atoms with van der Waals surface area (Å²) in [7, 11) is 0. The van der Waals surface area contributed by atoms with Gasteiger partial charge >= 0.3 is 0 Å². The van der Waals surface area contributed by atoms with Gasteiger partial charge in [0.05, 0.1) is 0 Å². The van der Waals surface area contributed by atoms with Crippen LogP contribution in [0.2, 0.25) is 0 Å². The standard InChI is InChI=1S/C13H27N/c1-5-13(6-2)10-8-7-9-11-14-12(3)4/h7-8,12-14H,5-6,9-11H2,1-4H3/b8-7+. The zero-order chi connectivity index (χ0) is 10.8. The first-order valence-corrected chi connectivity index (χ1v) is 6.09. The maximum absolute atomic E-state index is 3.41. The molecule has 0 aromatic rings. The van der Waals surface area contributed by atoms with Crippen LogP contribution in [0.1, 0.15) is 53.4 Å². The summed E-state index contributed by atoms with van der Waals surface area (Å²) in [6, 6.07) is 0.613. The van der Waals surface area contributed by atoms with Crippen LogP contribution in [0.15, 0.2) is 12.2 Å². The fraction of sp³-hybridized carbons (Fsp3) is 0.846. The molecule has 0 rings (SSSR count). The van der Waals surface area contributed by atoms with E-state index in [1.54, 1.807) is 0 Å². The van der Waals surface area contributed by atoms with Crippen molar-refractivity contribution in [3.63, 3.8) is 0 Å². The number of nitrogens with one attached hydrogen (secondary N) is 1. The Kier molecular flexibility index (Phi) is 9.06. The van der Waals surface area contributed by atoms with Crippen LogP contribution in [0.5, 0.6) is 0 Å². The first kappa shape index (κ1) is 13.7. The Morgan fingerprint density at radius 1 is 1.07 bits per heavy atom. The smallest absolute Gasteiger partial charge is 0.00105 e. The number of hydrogen-bond acceptors (Lipinski definition) is 1. The molecule has 0 fully saturated rings. The molecule has 0 unspecified atom stereocenters. The monoisotopic (exact) mass is 197 g/mol. The highest BCUT2D eigenvalue weighted by atomic mass is 14.9. The van der Waals surface area contributed by atoms with Crippen LogP contribution in [0.3, 0.4) is 0 Å². The van der Waals surface area contributed by atoms with E-state index < -0.39 is 0 Å². The van der Waals surface area contributed by atoms with Gasteiger partial charge in [0.15, 0.2) is 0 Å². The summed E-state index contributed by atoms with van der Waals surface area (Å²) in [5.74, 6) is 0.893. The van der Waals surface area contributed by atoms with Gasteiger partial charge in [-0.1, -0.05) is 52.7 Å². The molecule has 1 heteroatoms. The second-order valence-electron chi connectivity index (χ2n) is 4.29. The fourth-order valence-electron chi connectivity index (χ4n) is 1.48. The molecule has 14 heavy (non-hydrogen) atoms. The van der Waals surface area contributed by atoms with Gasteiger partial charge in [-0.25, -0.2) is 0 Å². The summed E-state index contributed by atoms with van der Waals surface area (Å²) in [4.78, 5) is 0. The van der Waals surface area contributed by atoms with Gasteiger partial charge in [0, 0.05) is 6.04 Å². The molecular weight excluding hydrogens is 170 g/mol. The molecule has 0 bridgehead atoms. The second-order valence-corrected chi connectivity index (χ2v) is 4.29. The number of rotatable bonds is 8. The van der Waals surface area contributed by atoms with Crippen molar-refractivity contribution in [2.45, 2.75) is 59.4 Å². The SMILES string of the molecule is CCC(CC)C/C=C/CCNC(C)C. The fourth-order valence-corrected chi connectivity index (χ4v) is 1.48. The molecule has 1 nitrogen and oxygen atoms in total.